The van der Waals surface area contributed by atoms with Crippen molar-refractivity contribution in [3.05, 3.63) is 73.1 Å². The maximum Gasteiger partial charge on any atom is 0.251 e. The number of aromatic nitrogens is 2. The van der Waals surface area contributed by atoms with Gasteiger partial charge in [-0.3, -0.25) is 0 Å². The maximum atomic E-state index is 5.95. The molecule has 1 heterocycles. The molecule has 1 aromatic heterocycles. The Kier molecular flexibility index (Phi) is 4.32. The second-order valence-electron chi connectivity index (χ2n) is 5.74. The van der Waals surface area contributed by atoms with E-state index in [0.29, 0.717) is 45.8 Å². The van der Waals surface area contributed by atoms with Gasteiger partial charge >= 0.3 is 0 Å². The predicted octanol–water partition coefficient (Wildman–Crippen LogP) is 4.49. The Balaban J connectivity index is 1.66. The van der Waals surface area contributed by atoms with E-state index < -0.39 is 0 Å². The molecule has 7 nitrogen and oxygen atoms in total. The standard InChI is InChI=1S/C20H16N4O3/c21-13-1-5-15(6-2-13)26-17-9-10-19(18(11-17)20-24-23-12-25-20)27-16-7-3-14(22)4-8-16/h1-12H,21-22H2. The average molecular weight is 360 g/mol. The zero-order valence-electron chi connectivity index (χ0n) is 14.2. The van der Waals surface area contributed by atoms with Gasteiger partial charge in [0.05, 0.1) is 5.56 Å². The van der Waals surface area contributed by atoms with Gasteiger partial charge in [-0.25, -0.2) is 0 Å². The summed E-state index contributed by atoms with van der Waals surface area (Å²) in [6.45, 7) is 0. The van der Waals surface area contributed by atoms with E-state index in [0.717, 1.165) is 0 Å². The fraction of sp³-hybridized carbons (Fsp3) is 0. The number of benzene rings is 3. The van der Waals surface area contributed by atoms with Crippen LogP contribution in [0.2, 0.25) is 0 Å². The number of rotatable bonds is 5. The highest BCUT2D eigenvalue weighted by molar-refractivity contribution is 5.66. The number of nitrogen functional groups attached to an aromatic ring is 2. The van der Waals surface area contributed by atoms with Gasteiger partial charge in [0.25, 0.3) is 5.89 Å². The largest absolute Gasteiger partial charge is 0.457 e. The first-order chi connectivity index (χ1) is 13.2. The molecule has 0 saturated heterocycles. The molecule has 4 rings (SSSR count). The van der Waals surface area contributed by atoms with Crippen molar-refractivity contribution >= 4 is 11.4 Å². The number of ether oxygens (including phenoxy) is 2. The molecule has 27 heavy (non-hydrogen) atoms. The van der Waals surface area contributed by atoms with E-state index in [1.807, 2.05) is 0 Å². The normalized spacial score (nSPS) is 10.5. The van der Waals surface area contributed by atoms with Crippen molar-refractivity contribution < 1.29 is 13.9 Å². The van der Waals surface area contributed by atoms with Gasteiger partial charge in [-0.05, 0) is 66.7 Å². The third-order valence-corrected chi connectivity index (χ3v) is 3.77. The summed E-state index contributed by atoms with van der Waals surface area (Å²) in [5.74, 6) is 2.76. The molecule has 0 unspecified atom stereocenters. The summed E-state index contributed by atoms with van der Waals surface area (Å²) in [6.07, 6.45) is 1.26. The summed E-state index contributed by atoms with van der Waals surface area (Å²) in [6, 6.07) is 19.6. The lowest BCUT2D eigenvalue weighted by Gasteiger charge is -2.12. The minimum atomic E-state index is 0.322. The third-order valence-electron chi connectivity index (χ3n) is 3.77. The summed E-state index contributed by atoms with van der Waals surface area (Å²) in [4.78, 5) is 0. The van der Waals surface area contributed by atoms with E-state index in [4.69, 9.17) is 25.4 Å². The van der Waals surface area contributed by atoms with Crippen LogP contribution in [-0.4, -0.2) is 10.2 Å². The van der Waals surface area contributed by atoms with E-state index in [2.05, 4.69) is 10.2 Å². The quantitative estimate of drug-likeness (QED) is 0.505. The van der Waals surface area contributed by atoms with Crippen molar-refractivity contribution in [2.75, 3.05) is 11.5 Å². The molecule has 0 saturated carbocycles. The molecule has 0 aliphatic carbocycles. The van der Waals surface area contributed by atoms with Crippen LogP contribution in [0.4, 0.5) is 11.4 Å². The summed E-state index contributed by atoms with van der Waals surface area (Å²) >= 11 is 0. The van der Waals surface area contributed by atoms with Crippen LogP contribution in [0, 0.1) is 0 Å². The van der Waals surface area contributed by atoms with Crippen molar-refractivity contribution in [2.24, 2.45) is 0 Å². The van der Waals surface area contributed by atoms with E-state index in [1.54, 1.807) is 66.7 Å². The highest BCUT2D eigenvalue weighted by atomic mass is 16.5. The lowest BCUT2D eigenvalue weighted by atomic mass is 10.2. The Morgan fingerprint density at radius 3 is 1.89 bits per heavy atom. The number of anilines is 2. The van der Waals surface area contributed by atoms with Crippen LogP contribution in [-0.2, 0) is 0 Å². The molecule has 0 aliphatic rings. The zero-order valence-corrected chi connectivity index (χ0v) is 14.2. The molecule has 7 heteroatoms. The molecule has 0 atom stereocenters. The first kappa shape index (κ1) is 16.5. The molecule has 0 radical (unpaired) electrons. The molecular weight excluding hydrogens is 344 g/mol. The molecule has 134 valence electrons. The van der Waals surface area contributed by atoms with Gasteiger partial charge in [0.1, 0.15) is 23.0 Å². The van der Waals surface area contributed by atoms with Crippen LogP contribution in [0.3, 0.4) is 0 Å². The second-order valence-corrected chi connectivity index (χ2v) is 5.74. The molecule has 0 fully saturated rings. The first-order valence-corrected chi connectivity index (χ1v) is 8.15. The van der Waals surface area contributed by atoms with Crippen LogP contribution < -0.4 is 20.9 Å². The minimum Gasteiger partial charge on any atom is -0.457 e. The second kappa shape index (κ2) is 7.09. The molecule has 0 spiro atoms. The fourth-order valence-corrected chi connectivity index (χ4v) is 2.45. The van der Waals surface area contributed by atoms with Gasteiger partial charge < -0.3 is 25.4 Å². The molecule has 0 aliphatic heterocycles. The summed E-state index contributed by atoms with van der Waals surface area (Å²) in [5, 5.41) is 7.71. The van der Waals surface area contributed by atoms with Crippen molar-refractivity contribution in [3.63, 3.8) is 0 Å². The Bertz CT molecular complexity index is 1030. The van der Waals surface area contributed by atoms with Crippen LogP contribution >= 0.6 is 0 Å². The zero-order chi connectivity index (χ0) is 18.6. The van der Waals surface area contributed by atoms with Gasteiger partial charge in [0.15, 0.2) is 0 Å². The number of nitrogens with two attached hydrogens (primary N) is 2. The van der Waals surface area contributed by atoms with Gasteiger partial charge in [-0.1, -0.05) is 0 Å². The van der Waals surface area contributed by atoms with E-state index in [1.165, 1.54) is 6.39 Å². The Hall–Kier alpha value is -4.00. The molecule has 3 aromatic carbocycles. The maximum absolute atomic E-state index is 5.95. The summed E-state index contributed by atoms with van der Waals surface area (Å²) in [7, 11) is 0. The van der Waals surface area contributed by atoms with Crippen LogP contribution in [0.15, 0.2) is 77.5 Å². The van der Waals surface area contributed by atoms with Crippen molar-refractivity contribution in [1.82, 2.24) is 10.2 Å². The lowest BCUT2D eigenvalue weighted by Crippen LogP contribution is -1.92. The molecular formula is C20H16N4O3. The Morgan fingerprint density at radius 2 is 1.30 bits per heavy atom. The van der Waals surface area contributed by atoms with Crippen molar-refractivity contribution in [1.29, 1.82) is 0 Å². The van der Waals surface area contributed by atoms with Gasteiger partial charge in [0.2, 0.25) is 6.39 Å². The molecule has 4 N–H and O–H groups in total. The highest BCUT2D eigenvalue weighted by Crippen LogP contribution is 2.36. The number of nitrogens with zero attached hydrogens (tertiary/aromatic N) is 2. The topological polar surface area (TPSA) is 109 Å². The monoisotopic (exact) mass is 360 g/mol. The van der Waals surface area contributed by atoms with Crippen LogP contribution in [0.5, 0.6) is 23.0 Å². The van der Waals surface area contributed by atoms with E-state index >= 15 is 0 Å². The smallest absolute Gasteiger partial charge is 0.251 e. The average Bonchev–Trinajstić information content (AvgIpc) is 3.21. The Labute approximate surface area is 155 Å². The molecule has 0 amide bonds. The van der Waals surface area contributed by atoms with Crippen LogP contribution in [0.1, 0.15) is 0 Å². The lowest BCUT2D eigenvalue weighted by molar-refractivity contribution is 0.467. The van der Waals surface area contributed by atoms with Gasteiger partial charge in [-0.2, -0.15) is 0 Å². The van der Waals surface area contributed by atoms with E-state index in [9.17, 15) is 0 Å². The SMILES string of the molecule is Nc1ccc(Oc2ccc(Oc3ccc(N)cc3)c(-c3nnco3)c2)cc1. The van der Waals surface area contributed by atoms with Crippen LogP contribution in [0.25, 0.3) is 11.5 Å². The summed E-state index contributed by atoms with van der Waals surface area (Å²) in [5.41, 5.74) is 13.4. The van der Waals surface area contributed by atoms with Crippen molar-refractivity contribution in [3.8, 4) is 34.5 Å². The highest BCUT2D eigenvalue weighted by Gasteiger charge is 2.14. The first-order valence-electron chi connectivity index (χ1n) is 8.15. The fourth-order valence-electron chi connectivity index (χ4n) is 2.45. The predicted molar refractivity (Wildman–Crippen MR) is 102 cm³/mol. The minimum absolute atomic E-state index is 0.322. The Morgan fingerprint density at radius 1 is 0.704 bits per heavy atom. The third kappa shape index (κ3) is 3.82. The van der Waals surface area contributed by atoms with Gasteiger partial charge in [-0.15, -0.1) is 10.2 Å². The number of hydrogen-bond acceptors (Lipinski definition) is 7. The number of hydrogen-bond donors (Lipinski definition) is 2. The molecule has 4 aromatic rings. The molecule has 0 bridgehead atoms. The van der Waals surface area contributed by atoms with Crippen molar-refractivity contribution in [2.45, 2.75) is 0 Å². The van der Waals surface area contributed by atoms with E-state index in [-0.39, 0.29) is 0 Å². The summed E-state index contributed by atoms with van der Waals surface area (Å²) < 4.78 is 17.2. The van der Waals surface area contributed by atoms with Gasteiger partial charge in [0, 0.05) is 11.4 Å².